The van der Waals surface area contributed by atoms with Gasteiger partial charge in [0.1, 0.15) is 0 Å². The zero-order chi connectivity index (χ0) is 10.3. The van der Waals surface area contributed by atoms with Crippen molar-refractivity contribution in [2.45, 2.75) is 20.3 Å². The van der Waals surface area contributed by atoms with Crippen LogP contribution in [-0.2, 0) is 0 Å². The van der Waals surface area contributed by atoms with E-state index in [2.05, 4.69) is 26.7 Å². The van der Waals surface area contributed by atoms with Gasteiger partial charge in [0.05, 0.1) is 0 Å². The molecule has 0 aromatic carbocycles. The third-order valence-corrected chi connectivity index (χ3v) is 1.78. The highest BCUT2D eigenvalue weighted by atomic mass is 14.0. The van der Waals surface area contributed by atoms with E-state index < -0.39 is 0 Å². The molecule has 0 heterocycles. The van der Waals surface area contributed by atoms with E-state index in [1.165, 1.54) is 0 Å². The fourth-order valence-electron chi connectivity index (χ4n) is 0.867. The van der Waals surface area contributed by atoms with E-state index in [0.29, 0.717) is 0 Å². The summed E-state index contributed by atoms with van der Waals surface area (Å²) in [5.74, 6) is 0. The van der Waals surface area contributed by atoms with Crippen LogP contribution in [0.25, 0.3) is 0 Å². The number of allylic oxidation sites excluding steroid dienone is 7. The molecular formula is C13H18. The van der Waals surface area contributed by atoms with Crippen molar-refractivity contribution in [2.75, 3.05) is 0 Å². The van der Waals surface area contributed by atoms with Gasteiger partial charge in [0, 0.05) is 0 Å². The zero-order valence-electron chi connectivity index (χ0n) is 8.64. The summed E-state index contributed by atoms with van der Waals surface area (Å²) in [6.07, 6.45) is 8.78. The molecule has 0 aromatic rings. The number of hydrogen-bond donors (Lipinski definition) is 0. The van der Waals surface area contributed by atoms with Gasteiger partial charge in [0.15, 0.2) is 0 Å². The lowest BCUT2D eigenvalue weighted by molar-refractivity contribution is 1.15. The van der Waals surface area contributed by atoms with E-state index in [9.17, 15) is 0 Å². The summed E-state index contributed by atoms with van der Waals surface area (Å²) in [7, 11) is 0. The Hall–Kier alpha value is -1.30. The first kappa shape index (κ1) is 11.7. The maximum Gasteiger partial charge on any atom is -0.0191 e. The van der Waals surface area contributed by atoms with E-state index in [1.54, 1.807) is 6.08 Å². The fraction of sp³-hybridized carbons (Fsp3) is 0.231. The summed E-state index contributed by atoms with van der Waals surface area (Å²) in [5.41, 5.74) is 3.13. The zero-order valence-corrected chi connectivity index (χ0v) is 8.64. The van der Waals surface area contributed by atoms with Crippen molar-refractivity contribution in [3.8, 4) is 0 Å². The van der Waals surface area contributed by atoms with Gasteiger partial charge in [-0.05, 0) is 24.5 Å². The molecule has 0 aliphatic rings. The van der Waals surface area contributed by atoms with Gasteiger partial charge in [-0.25, -0.2) is 0 Å². The standard InChI is InChI=1S/C13H18/c1-6-9-13(12(5)8-3)10-11(4)7-2/h6,8-10H,3-5,7H2,1-2H3/b9-6-,13-10-. The van der Waals surface area contributed by atoms with Crippen molar-refractivity contribution < 1.29 is 0 Å². The van der Waals surface area contributed by atoms with Crippen LogP contribution >= 0.6 is 0 Å². The smallest absolute Gasteiger partial charge is 0.0191 e. The third kappa shape index (κ3) is 4.32. The molecule has 0 aliphatic heterocycles. The quantitative estimate of drug-likeness (QED) is 0.548. The largest absolute Gasteiger partial charge is 0.0985 e. The number of rotatable bonds is 5. The maximum atomic E-state index is 3.93. The third-order valence-electron chi connectivity index (χ3n) is 1.78. The molecule has 0 saturated heterocycles. The molecule has 0 unspecified atom stereocenters. The normalized spacial score (nSPS) is 11.7. The Balaban J connectivity index is 4.79. The summed E-state index contributed by atoms with van der Waals surface area (Å²) in [6, 6.07) is 0. The van der Waals surface area contributed by atoms with Crippen LogP contribution in [0, 0.1) is 0 Å². The van der Waals surface area contributed by atoms with Gasteiger partial charge in [-0.15, -0.1) is 0 Å². The summed E-state index contributed by atoms with van der Waals surface area (Å²) < 4.78 is 0. The van der Waals surface area contributed by atoms with Crippen LogP contribution in [-0.4, -0.2) is 0 Å². The molecular weight excluding hydrogens is 156 g/mol. The average molecular weight is 174 g/mol. The number of hydrogen-bond acceptors (Lipinski definition) is 0. The Labute approximate surface area is 81.7 Å². The minimum atomic E-state index is 0.938. The molecule has 0 aromatic heterocycles. The van der Waals surface area contributed by atoms with Gasteiger partial charge in [-0.2, -0.15) is 0 Å². The molecule has 0 spiro atoms. The molecule has 0 nitrogen and oxygen atoms in total. The molecule has 0 fully saturated rings. The van der Waals surface area contributed by atoms with E-state index in [4.69, 9.17) is 0 Å². The fourth-order valence-corrected chi connectivity index (χ4v) is 0.867. The highest BCUT2D eigenvalue weighted by Gasteiger charge is 1.94. The summed E-state index contributed by atoms with van der Waals surface area (Å²) >= 11 is 0. The molecule has 0 N–H and O–H groups in total. The van der Waals surface area contributed by atoms with Crippen molar-refractivity contribution in [3.63, 3.8) is 0 Å². The van der Waals surface area contributed by atoms with Crippen LogP contribution in [0.3, 0.4) is 0 Å². The van der Waals surface area contributed by atoms with E-state index in [1.807, 2.05) is 25.2 Å². The Bertz CT molecular complexity index is 262. The molecule has 0 heteroatoms. The summed E-state index contributed by atoms with van der Waals surface area (Å²) in [5, 5.41) is 0. The van der Waals surface area contributed by atoms with Crippen molar-refractivity contribution in [1.29, 1.82) is 0 Å². The molecule has 0 radical (unpaired) electrons. The highest BCUT2D eigenvalue weighted by Crippen LogP contribution is 2.14. The van der Waals surface area contributed by atoms with Gasteiger partial charge < -0.3 is 0 Å². The van der Waals surface area contributed by atoms with Gasteiger partial charge in [0.25, 0.3) is 0 Å². The highest BCUT2D eigenvalue weighted by molar-refractivity contribution is 5.46. The Morgan fingerprint density at radius 2 is 1.92 bits per heavy atom. The lowest BCUT2D eigenvalue weighted by atomic mass is 10.0. The SMILES string of the molecule is C=CC(=C)C(/C=C\C)=C\C(=C)CC. The minimum absolute atomic E-state index is 0.938. The lowest BCUT2D eigenvalue weighted by Gasteiger charge is -2.02. The van der Waals surface area contributed by atoms with E-state index in [0.717, 1.165) is 23.1 Å². The average Bonchev–Trinajstić information content (AvgIpc) is 2.15. The maximum absolute atomic E-state index is 3.93. The van der Waals surface area contributed by atoms with Crippen LogP contribution in [0.15, 0.2) is 60.8 Å². The van der Waals surface area contributed by atoms with Crippen molar-refractivity contribution >= 4 is 0 Å². The van der Waals surface area contributed by atoms with Crippen molar-refractivity contribution in [3.05, 3.63) is 60.8 Å². The van der Waals surface area contributed by atoms with Crippen LogP contribution in [0.4, 0.5) is 0 Å². The van der Waals surface area contributed by atoms with Crippen molar-refractivity contribution in [2.24, 2.45) is 0 Å². The molecule has 0 atom stereocenters. The predicted octanol–water partition coefficient (Wildman–Crippen LogP) is 4.20. The van der Waals surface area contributed by atoms with Crippen LogP contribution in [0.5, 0.6) is 0 Å². The molecule has 0 amide bonds. The molecule has 0 aliphatic carbocycles. The molecule has 70 valence electrons. The van der Waals surface area contributed by atoms with Gasteiger partial charge in [-0.1, -0.05) is 56.5 Å². The monoisotopic (exact) mass is 174 g/mol. The molecule has 0 rings (SSSR count). The second-order valence-corrected chi connectivity index (χ2v) is 2.84. The minimum Gasteiger partial charge on any atom is -0.0985 e. The first-order valence-electron chi connectivity index (χ1n) is 4.49. The van der Waals surface area contributed by atoms with Crippen LogP contribution < -0.4 is 0 Å². The molecule has 0 bridgehead atoms. The Morgan fingerprint density at radius 3 is 2.31 bits per heavy atom. The predicted molar refractivity (Wildman–Crippen MR) is 61.7 cm³/mol. The molecule has 13 heavy (non-hydrogen) atoms. The Morgan fingerprint density at radius 1 is 1.31 bits per heavy atom. The second-order valence-electron chi connectivity index (χ2n) is 2.84. The van der Waals surface area contributed by atoms with Crippen LogP contribution in [0.2, 0.25) is 0 Å². The van der Waals surface area contributed by atoms with Gasteiger partial charge >= 0.3 is 0 Å². The van der Waals surface area contributed by atoms with E-state index in [-0.39, 0.29) is 0 Å². The first-order chi connectivity index (χ1) is 6.15. The summed E-state index contributed by atoms with van der Waals surface area (Å²) in [6.45, 7) is 15.6. The first-order valence-corrected chi connectivity index (χ1v) is 4.49. The van der Waals surface area contributed by atoms with Crippen LogP contribution in [0.1, 0.15) is 20.3 Å². The molecule has 0 saturated carbocycles. The van der Waals surface area contributed by atoms with Crippen molar-refractivity contribution in [1.82, 2.24) is 0 Å². The second kappa shape index (κ2) is 6.24. The Kier molecular flexibility index (Phi) is 5.62. The summed E-state index contributed by atoms with van der Waals surface area (Å²) in [4.78, 5) is 0. The topological polar surface area (TPSA) is 0 Å². The van der Waals surface area contributed by atoms with Gasteiger partial charge in [0.2, 0.25) is 0 Å². The van der Waals surface area contributed by atoms with Gasteiger partial charge in [-0.3, -0.25) is 0 Å². The van der Waals surface area contributed by atoms with E-state index >= 15 is 0 Å². The lowest BCUT2D eigenvalue weighted by Crippen LogP contribution is -1.82.